The maximum atomic E-state index is 13.4. The first kappa shape index (κ1) is 26.5. The van der Waals surface area contributed by atoms with Gasteiger partial charge in [0.1, 0.15) is 64.7 Å². The molecule has 0 aliphatic carbocycles. The van der Waals surface area contributed by atoms with Crippen molar-refractivity contribution in [3.05, 3.63) is 81.5 Å². The topological polar surface area (TPSA) is 201 Å². The summed E-state index contributed by atoms with van der Waals surface area (Å²) in [4.78, 5) is 13.4. The average molecular weight is 539 g/mol. The predicted molar refractivity (Wildman–Crippen MR) is 137 cm³/mol. The van der Waals surface area contributed by atoms with Gasteiger partial charge in [-0.05, 0) is 42.0 Å². The molecule has 2 heterocycles. The summed E-state index contributed by atoms with van der Waals surface area (Å²) >= 11 is 0. The first-order valence-corrected chi connectivity index (χ1v) is 12.0. The number of ether oxygens (including phenoxy) is 1. The number of hydrogen-bond donors (Lipinski definition) is 8. The van der Waals surface area contributed by atoms with E-state index in [0.29, 0.717) is 11.1 Å². The van der Waals surface area contributed by atoms with Gasteiger partial charge in [-0.3, -0.25) is 4.79 Å². The fourth-order valence-electron chi connectivity index (χ4n) is 4.80. The Balaban J connectivity index is 1.79. The van der Waals surface area contributed by atoms with Crippen molar-refractivity contribution in [3.63, 3.8) is 0 Å². The van der Waals surface area contributed by atoms with E-state index in [2.05, 4.69) is 0 Å². The molecule has 1 saturated heterocycles. The van der Waals surface area contributed by atoms with Crippen LogP contribution in [0.2, 0.25) is 0 Å². The third-order valence-electron chi connectivity index (χ3n) is 6.90. The second-order valence-electron chi connectivity index (χ2n) is 9.41. The van der Waals surface area contributed by atoms with Crippen LogP contribution in [-0.4, -0.2) is 71.9 Å². The summed E-state index contributed by atoms with van der Waals surface area (Å²) in [6.45, 7) is -0.735. The van der Waals surface area contributed by atoms with Crippen LogP contribution >= 0.6 is 0 Å². The van der Waals surface area contributed by atoms with Gasteiger partial charge < -0.3 is 50.0 Å². The third-order valence-corrected chi connectivity index (χ3v) is 6.90. The van der Waals surface area contributed by atoms with Gasteiger partial charge in [-0.25, -0.2) is 0 Å². The van der Waals surface area contributed by atoms with Gasteiger partial charge >= 0.3 is 0 Å². The monoisotopic (exact) mass is 538 g/mol. The van der Waals surface area contributed by atoms with Gasteiger partial charge in [0.25, 0.3) is 0 Å². The van der Waals surface area contributed by atoms with E-state index in [1.165, 1.54) is 36.4 Å². The van der Waals surface area contributed by atoms with Gasteiger partial charge in [0, 0.05) is 23.6 Å². The maximum absolute atomic E-state index is 13.4. The minimum atomic E-state index is -1.83. The van der Waals surface area contributed by atoms with Crippen LogP contribution in [-0.2, 0) is 11.2 Å². The third kappa shape index (κ3) is 4.67. The van der Waals surface area contributed by atoms with Crippen LogP contribution in [0, 0.1) is 0 Å². The number of phenolic OH excluding ortho intramolecular Hbond substituents is 4. The molecule has 204 valence electrons. The lowest BCUT2D eigenvalue weighted by Gasteiger charge is -2.40. The van der Waals surface area contributed by atoms with E-state index in [9.17, 15) is 45.6 Å². The molecule has 3 aromatic carbocycles. The second kappa shape index (κ2) is 10.2. The summed E-state index contributed by atoms with van der Waals surface area (Å²) in [5.41, 5.74) is -0.536. The molecule has 1 fully saturated rings. The van der Waals surface area contributed by atoms with E-state index in [-0.39, 0.29) is 45.8 Å². The molecule has 8 N–H and O–H groups in total. The highest BCUT2D eigenvalue weighted by atomic mass is 16.5. The fourth-order valence-corrected chi connectivity index (χ4v) is 4.80. The molecule has 4 aromatic rings. The highest BCUT2D eigenvalue weighted by Gasteiger charge is 2.46. The van der Waals surface area contributed by atoms with Crippen molar-refractivity contribution in [1.29, 1.82) is 0 Å². The van der Waals surface area contributed by atoms with Crippen LogP contribution in [0.3, 0.4) is 0 Å². The lowest BCUT2D eigenvalue weighted by atomic mass is 9.87. The maximum Gasteiger partial charge on any atom is 0.197 e. The number of phenols is 4. The van der Waals surface area contributed by atoms with Crippen molar-refractivity contribution in [2.75, 3.05) is 6.61 Å². The lowest BCUT2D eigenvalue weighted by Crippen LogP contribution is -2.55. The predicted octanol–water partition coefficient (Wildman–Crippen LogP) is 1.39. The zero-order chi connectivity index (χ0) is 28.0. The Labute approximate surface area is 220 Å². The first-order chi connectivity index (χ1) is 18.6. The SMILES string of the molecule is O=c1cc(-c2ccc(O)cc2)oc2c([C@@H]3O[C@H](CO)[C@@H](O)[C@H](O)[C@H]3O)c(O)c(Cc3ccc(O)cc3)c(O)c12. The minimum absolute atomic E-state index is 0.00317. The molecule has 5 rings (SSSR count). The standard InChI is InChI=1S/C28H26O11/c29-11-19-24(35)25(36)26(37)28(39-19)21-23(34)16(9-12-1-5-14(30)6-2-12)22(33)20-17(32)10-18(38-27(20)21)13-3-7-15(31)8-4-13/h1-8,10,19,24-26,28-31,33-37H,9,11H2/t19-,24-,25+,26-,28+/m1/s1. The van der Waals surface area contributed by atoms with Crippen molar-refractivity contribution in [2.45, 2.75) is 36.9 Å². The Hall–Kier alpha value is -4.13. The molecule has 11 nitrogen and oxygen atoms in total. The first-order valence-electron chi connectivity index (χ1n) is 12.0. The molecular formula is C28H26O11. The molecule has 0 saturated carbocycles. The van der Waals surface area contributed by atoms with Gasteiger partial charge in [0.15, 0.2) is 11.0 Å². The van der Waals surface area contributed by atoms with E-state index in [0.717, 1.165) is 6.07 Å². The Kier molecular flexibility index (Phi) is 6.93. The molecule has 1 aliphatic heterocycles. The van der Waals surface area contributed by atoms with Crippen LogP contribution in [0.1, 0.15) is 22.8 Å². The van der Waals surface area contributed by atoms with E-state index < -0.39 is 54.1 Å². The molecule has 5 atom stereocenters. The fraction of sp³-hybridized carbons (Fsp3) is 0.250. The summed E-state index contributed by atoms with van der Waals surface area (Å²) < 4.78 is 11.7. The van der Waals surface area contributed by atoms with Crippen LogP contribution in [0.25, 0.3) is 22.3 Å². The van der Waals surface area contributed by atoms with Crippen LogP contribution in [0.4, 0.5) is 0 Å². The smallest absolute Gasteiger partial charge is 0.197 e. The number of hydrogen-bond acceptors (Lipinski definition) is 11. The molecule has 1 aliphatic rings. The van der Waals surface area contributed by atoms with E-state index >= 15 is 0 Å². The largest absolute Gasteiger partial charge is 0.508 e. The van der Waals surface area contributed by atoms with Crippen molar-refractivity contribution in [2.24, 2.45) is 0 Å². The number of aliphatic hydroxyl groups is 4. The number of benzene rings is 3. The highest BCUT2D eigenvalue weighted by Crippen LogP contribution is 2.47. The van der Waals surface area contributed by atoms with Gasteiger partial charge in [0.05, 0.1) is 12.2 Å². The van der Waals surface area contributed by atoms with Gasteiger partial charge in [-0.15, -0.1) is 0 Å². The summed E-state index contributed by atoms with van der Waals surface area (Å²) in [6.07, 6.45) is -8.34. The Morgan fingerprint density at radius 2 is 1.38 bits per heavy atom. The van der Waals surface area contributed by atoms with Crippen LogP contribution in [0.15, 0.2) is 63.8 Å². The Morgan fingerprint density at radius 1 is 0.769 bits per heavy atom. The van der Waals surface area contributed by atoms with Crippen molar-refractivity contribution in [3.8, 4) is 34.3 Å². The molecular weight excluding hydrogens is 512 g/mol. The zero-order valence-electron chi connectivity index (χ0n) is 20.3. The second-order valence-corrected chi connectivity index (χ2v) is 9.41. The molecule has 0 unspecified atom stereocenters. The van der Waals surface area contributed by atoms with Gasteiger partial charge in [-0.2, -0.15) is 0 Å². The number of fused-ring (bicyclic) bond motifs is 1. The van der Waals surface area contributed by atoms with Gasteiger partial charge in [-0.1, -0.05) is 12.1 Å². The zero-order valence-corrected chi connectivity index (χ0v) is 20.3. The van der Waals surface area contributed by atoms with E-state index in [1.54, 1.807) is 12.1 Å². The normalized spacial score (nSPS) is 23.2. The summed E-state index contributed by atoms with van der Waals surface area (Å²) in [7, 11) is 0. The molecule has 1 aromatic heterocycles. The highest BCUT2D eigenvalue weighted by molar-refractivity contribution is 5.91. The number of aliphatic hydroxyl groups excluding tert-OH is 4. The number of rotatable bonds is 5. The van der Waals surface area contributed by atoms with Gasteiger partial charge in [0.2, 0.25) is 0 Å². The molecule has 11 heteroatoms. The molecule has 0 radical (unpaired) electrons. The Bertz CT molecular complexity index is 1560. The summed E-state index contributed by atoms with van der Waals surface area (Å²) in [5.74, 6) is -1.23. The van der Waals surface area contributed by atoms with Crippen LogP contribution < -0.4 is 5.43 Å². The average Bonchev–Trinajstić information content (AvgIpc) is 2.92. The van der Waals surface area contributed by atoms with E-state index in [1.807, 2.05) is 0 Å². The molecule has 0 bridgehead atoms. The molecule has 39 heavy (non-hydrogen) atoms. The quantitative estimate of drug-likeness (QED) is 0.182. The number of aromatic hydroxyl groups is 4. The lowest BCUT2D eigenvalue weighted by molar-refractivity contribution is -0.231. The minimum Gasteiger partial charge on any atom is -0.508 e. The molecule has 0 amide bonds. The van der Waals surface area contributed by atoms with Crippen molar-refractivity contribution < 1.29 is 50.0 Å². The van der Waals surface area contributed by atoms with Crippen molar-refractivity contribution in [1.82, 2.24) is 0 Å². The summed E-state index contributed by atoms with van der Waals surface area (Å²) in [5, 5.41) is 82.8. The summed E-state index contributed by atoms with van der Waals surface area (Å²) in [6, 6.07) is 12.7. The molecule has 0 spiro atoms. The van der Waals surface area contributed by atoms with E-state index in [4.69, 9.17) is 9.15 Å². The van der Waals surface area contributed by atoms with Crippen LogP contribution in [0.5, 0.6) is 23.0 Å². The van der Waals surface area contributed by atoms with Crippen molar-refractivity contribution >= 4 is 11.0 Å². The Morgan fingerprint density at radius 3 is 2.00 bits per heavy atom.